The van der Waals surface area contributed by atoms with E-state index < -0.39 is 8.32 Å². The number of carbonyl (C=O) groups is 1. The van der Waals surface area contributed by atoms with Crippen LogP contribution in [0.4, 0.5) is 11.4 Å². The molecule has 9 heteroatoms. The van der Waals surface area contributed by atoms with Crippen molar-refractivity contribution in [2.24, 2.45) is 5.92 Å². The third kappa shape index (κ3) is 5.01. The summed E-state index contributed by atoms with van der Waals surface area (Å²) in [5, 5.41) is 12.0. The minimum Gasteiger partial charge on any atom is -0.417 e. The van der Waals surface area contributed by atoms with Gasteiger partial charge < -0.3 is 19.0 Å². The van der Waals surface area contributed by atoms with E-state index in [9.17, 15) is 14.9 Å². The molecule has 3 aliphatic rings. The number of ether oxygens (including phenoxy) is 1. The molecule has 188 valence electrons. The first kappa shape index (κ1) is 25.1. The van der Waals surface area contributed by atoms with Gasteiger partial charge in [0.1, 0.15) is 5.69 Å². The number of morpholine rings is 1. The maximum Gasteiger partial charge on any atom is 0.292 e. The van der Waals surface area contributed by atoms with Crippen LogP contribution >= 0.6 is 0 Å². The molecule has 1 aliphatic carbocycles. The number of hydrogen-bond acceptors (Lipinski definition) is 6. The molecule has 1 aromatic rings. The fourth-order valence-corrected chi connectivity index (χ4v) is 6.11. The zero-order valence-electron chi connectivity index (χ0n) is 21.3. The van der Waals surface area contributed by atoms with Crippen molar-refractivity contribution in [3.8, 4) is 0 Å². The monoisotopic (exact) mass is 489 g/mol. The smallest absolute Gasteiger partial charge is 0.292 e. The van der Waals surface area contributed by atoms with Crippen molar-refractivity contribution in [1.29, 1.82) is 0 Å². The first-order valence-corrected chi connectivity index (χ1v) is 15.5. The molecule has 0 spiro atoms. The maximum atomic E-state index is 13.4. The summed E-state index contributed by atoms with van der Waals surface area (Å²) >= 11 is 0. The molecule has 1 amide bonds. The quantitative estimate of drug-likeness (QED) is 0.319. The summed E-state index contributed by atoms with van der Waals surface area (Å²) in [4.78, 5) is 28.7. The zero-order valence-corrected chi connectivity index (χ0v) is 22.3. The molecule has 2 heterocycles. The average Bonchev–Trinajstić information content (AvgIpc) is 3.12. The molecule has 0 bridgehead atoms. The van der Waals surface area contributed by atoms with Crippen LogP contribution in [-0.2, 0) is 15.7 Å². The Bertz CT molecular complexity index is 931. The van der Waals surface area contributed by atoms with Crippen molar-refractivity contribution in [2.45, 2.75) is 77.2 Å². The Morgan fingerprint density at radius 2 is 1.79 bits per heavy atom. The van der Waals surface area contributed by atoms with E-state index in [0.717, 1.165) is 37.9 Å². The number of hydrogen-bond donors (Lipinski definition) is 0. The molecule has 0 atom stereocenters. The van der Waals surface area contributed by atoms with Crippen LogP contribution in [0.3, 0.4) is 0 Å². The Labute approximate surface area is 203 Å². The Balaban J connectivity index is 1.41. The predicted molar refractivity (Wildman–Crippen MR) is 135 cm³/mol. The Morgan fingerprint density at radius 3 is 2.38 bits per heavy atom. The molecule has 1 aromatic carbocycles. The molecule has 1 saturated heterocycles. The summed E-state index contributed by atoms with van der Waals surface area (Å²) < 4.78 is 11.9. The molecular weight excluding hydrogens is 450 g/mol. The first-order valence-electron chi connectivity index (χ1n) is 12.6. The summed E-state index contributed by atoms with van der Waals surface area (Å²) in [5.74, 6) is 0.555. The van der Waals surface area contributed by atoms with E-state index in [1.807, 2.05) is 9.80 Å². The van der Waals surface area contributed by atoms with Crippen LogP contribution in [0, 0.1) is 16.0 Å². The van der Waals surface area contributed by atoms with Gasteiger partial charge in [-0.05, 0) is 61.4 Å². The van der Waals surface area contributed by atoms with Gasteiger partial charge in [0.25, 0.3) is 11.6 Å². The van der Waals surface area contributed by atoms with Crippen molar-refractivity contribution < 1.29 is 18.9 Å². The molecule has 0 radical (unpaired) electrons. The maximum absolute atomic E-state index is 13.4. The highest BCUT2D eigenvalue weighted by Crippen LogP contribution is 2.40. The average molecular weight is 490 g/mol. The molecule has 0 unspecified atom stereocenters. The number of rotatable bonds is 6. The van der Waals surface area contributed by atoms with Crippen LogP contribution in [-0.4, -0.2) is 63.0 Å². The molecule has 0 N–H and O–H groups in total. The van der Waals surface area contributed by atoms with E-state index in [-0.39, 0.29) is 27.6 Å². The molecule has 34 heavy (non-hydrogen) atoms. The van der Waals surface area contributed by atoms with Crippen LogP contribution in [0.2, 0.25) is 18.1 Å². The molecule has 2 aliphatic heterocycles. The highest BCUT2D eigenvalue weighted by molar-refractivity contribution is 6.74. The Kier molecular flexibility index (Phi) is 7.08. The number of nitro benzene ring substituents is 1. The number of carbonyl (C=O) groups excluding carboxylic acids is 1. The van der Waals surface area contributed by atoms with Gasteiger partial charge in [-0.2, -0.15) is 0 Å². The number of anilines is 1. The van der Waals surface area contributed by atoms with Gasteiger partial charge in [0.05, 0.1) is 18.1 Å². The van der Waals surface area contributed by atoms with E-state index >= 15 is 0 Å². The van der Waals surface area contributed by atoms with Crippen LogP contribution in [0.1, 0.15) is 62.4 Å². The van der Waals surface area contributed by atoms with E-state index in [0.29, 0.717) is 50.0 Å². The Hall–Kier alpha value is -1.97. The minimum atomic E-state index is -1.75. The number of benzene rings is 1. The van der Waals surface area contributed by atoms with Crippen molar-refractivity contribution >= 4 is 25.6 Å². The summed E-state index contributed by atoms with van der Waals surface area (Å²) in [7, 11) is -1.75. The van der Waals surface area contributed by atoms with Gasteiger partial charge in [-0.3, -0.25) is 14.9 Å². The van der Waals surface area contributed by atoms with E-state index in [4.69, 9.17) is 9.16 Å². The Morgan fingerprint density at radius 1 is 1.15 bits per heavy atom. The lowest BCUT2D eigenvalue weighted by Gasteiger charge is -2.39. The topological polar surface area (TPSA) is 85.2 Å². The van der Waals surface area contributed by atoms with E-state index in [2.05, 4.69) is 33.9 Å². The second-order valence-corrected chi connectivity index (χ2v) is 16.3. The molecule has 0 aromatic heterocycles. The van der Waals surface area contributed by atoms with Crippen molar-refractivity contribution in [3.05, 3.63) is 33.4 Å². The van der Waals surface area contributed by atoms with Gasteiger partial charge in [-0.15, -0.1) is 0 Å². The van der Waals surface area contributed by atoms with Gasteiger partial charge in [0, 0.05) is 43.9 Å². The highest BCUT2D eigenvalue weighted by Gasteiger charge is 2.40. The third-order valence-corrected chi connectivity index (χ3v) is 12.8. The van der Waals surface area contributed by atoms with Crippen LogP contribution in [0.25, 0.3) is 0 Å². The van der Waals surface area contributed by atoms with E-state index in [1.165, 1.54) is 0 Å². The minimum absolute atomic E-state index is 0.0142. The SMILES string of the molecule is CC(C)(C)[Si](C)(C)OCC1CCC(N2Cc3cc([N+](=O)[O-])c(N4CCOCC4)cc3C2=O)CC1. The lowest BCUT2D eigenvalue weighted by atomic mass is 9.86. The first-order chi connectivity index (χ1) is 16.0. The fraction of sp³-hybridized carbons (Fsp3) is 0.720. The molecule has 1 saturated carbocycles. The normalized spacial score (nSPS) is 23.9. The van der Waals surface area contributed by atoms with Crippen LogP contribution in [0.5, 0.6) is 0 Å². The van der Waals surface area contributed by atoms with Crippen molar-refractivity contribution in [1.82, 2.24) is 4.90 Å². The zero-order chi connectivity index (χ0) is 24.7. The van der Waals surface area contributed by atoms with Crippen LogP contribution in [0.15, 0.2) is 12.1 Å². The van der Waals surface area contributed by atoms with Crippen molar-refractivity contribution in [3.63, 3.8) is 0 Å². The van der Waals surface area contributed by atoms with Gasteiger partial charge in [0.15, 0.2) is 8.32 Å². The van der Waals surface area contributed by atoms with E-state index in [1.54, 1.807) is 12.1 Å². The predicted octanol–water partition coefficient (Wildman–Crippen LogP) is 4.97. The molecule has 2 fully saturated rings. The van der Waals surface area contributed by atoms with Crippen LogP contribution < -0.4 is 4.90 Å². The summed E-state index contributed by atoms with van der Waals surface area (Å²) in [6.07, 6.45) is 4.03. The summed E-state index contributed by atoms with van der Waals surface area (Å²) in [6, 6.07) is 3.56. The second-order valence-electron chi connectivity index (χ2n) is 11.5. The third-order valence-electron chi connectivity index (χ3n) is 8.32. The van der Waals surface area contributed by atoms with Gasteiger partial charge in [-0.25, -0.2) is 0 Å². The molecule has 8 nitrogen and oxygen atoms in total. The van der Waals surface area contributed by atoms with Crippen molar-refractivity contribution in [2.75, 3.05) is 37.8 Å². The largest absolute Gasteiger partial charge is 0.417 e. The number of amides is 1. The highest BCUT2D eigenvalue weighted by atomic mass is 28.4. The summed E-state index contributed by atoms with van der Waals surface area (Å²) in [6.45, 7) is 14.9. The second kappa shape index (κ2) is 9.58. The molecular formula is C25H39N3O5Si. The van der Waals surface area contributed by atoms with Gasteiger partial charge in [-0.1, -0.05) is 20.8 Å². The number of nitro groups is 1. The standard InChI is InChI=1S/C25H39N3O5Si/c1-25(2,3)34(4,5)33-17-18-6-8-20(9-7-18)27-16-19-14-23(28(30)31)22(15-21(19)24(27)29)26-10-12-32-13-11-26/h14-15,18,20H,6-13,16-17H2,1-5H3. The number of nitrogens with zero attached hydrogens (tertiary/aromatic N) is 3. The van der Waals surface area contributed by atoms with Gasteiger partial charge >= 0.3 is 0 Å². The lowest BCUT2D eigenvalue weighted by Crippen LogP contribution is -2.43. The number of fused-ring (bicyclic) bond motifs is 1. The fourth-order valence-electron chi connectivity index (χ4n) is 5.02. The molecule has 4 rings (SSSR count). The lowest BCUT2D eigenvalue weighted by molar-refractivity contribution is -0.384. The van der Waals surface area contributed by atoms with Gasteiger partial charge in [0.2, 0.25) is 0 Å². The summed E-state index contributed by atoms with van der Waals surface area (Å²) in [5.41, 5.74) is 2.02.